The van der Waals surface area contributed by atoms with E-state index in [-0.39, 0.29) is 39.5 Å². The fourth-order valence-electron chi connectivity index (χ4n) is 3.30. The van der Waals surface area contributed by atoms with E-state index in [1.165, 1.54) is 0 Å². The Bertz CT molecular complexity index is 1100. The average Bonchev–Trinajstić information content (AvgIpc) is 2.87. The summed E-state index contributed by atoms with van der Waals surface area (Å²) in [4.78, 5) is 60.6. The molecule has 1 heterocycles. The number of esters is 4. The Morgan fingerprint density at radius 3 is 2.05 bits per heavy atom. The Hall–Kier alpha value is -3.75. The van der Waals surface area contributed by atoms with E-state index in [9.17, 15) is 32.4 Å². The topological polar surface area (TPSA) is 266 Å². The van der Waals surface area contributed by atoms with Crippen LogP contribution < -0.4 is 9.44 Å². The number of nitrogens with zero attached hydrogens (tertiary/aromatic N) is 3. The molecule has 0 saturated carbocycles. The van der Waals surface area contributed by atoms with Gasteiger partial charge >= 0.3 is 40.2 Å². The van der Waals surface area contributed by atoms with E-state index in [0.717, 1.165) is 27.7 Å². The number of hydrogen-bond donors (Lipinski definition) is 2. The van der Waals surface area contributed by atoms with E-state index < -0.39 is 77.5 Å². The van der Waals surface area contributed by atoms with Gasteiger partial charge in [0.1, 0.15) is 12.7 Å². The van der Waals surface area contributed by atoms with E-state index in [2.05, 4.69) is 14.8 Å². The van der Waals surface area contributed by atoms with Crippen molar-refractivity contribution in [1.29, 1.82) is 0 Å². The van der Waals surface area contributed by atoms with E-state index in [1.54, 1.807) is 4.72 Å². The maximum absolute atomic E-state index is 11.8. The number of carbonyl (C=O) groups excluding carboxylic acids is 5. The second kappa shape index (κ2) is 18.6. The molecular formula is C21H33N5O15S. The van der Waals surface area contributed by atoms with E-state index >= 15 is 0 Å². The van der Waals surface area contributed by atoms with Gasteiger partial charge in [0.2, 0.25) is 0 Å². The monoisotopic (exact) mass is 627 g/mol. The molecular weight excluding hydrogens is 594 g/mol. The summed E-state index contributed by atoms with van der Waals surface area (Å²) in [6, 6.07) is 0. The van der Waals surface area contributed by atoms with Gasteiger partial charge in [0, 0.05) is 39.2 Å². The van der Waals surface area contributed by atoms with E-state index in [4.69, 9.17) is 38.7 Å². The highest BCUT2D eigenvalue weighted by Gasteiger charge is 2.52. The van der Waals surface area contributed by atoms with E-state index in [1.807, 2.05) is 4.72 Å². The molecule has 0 unspecified atom stereocenters. The summed E-state index contributed by atoms with van der Waals surface area (Å²) in [6.45, 7) is 2.67. The highest BCUT2D eigenvalue weighted by molar-refractivity contribution is 7.88. The van der Waals surface area contributed by atoms with Crippen LogP contribution in [-0.4, -0.2) is 115 Å². The Morgan fingerprint density at radius 2 is 1.45 bits per heavy atom. The molecule has 42 heavy (non-hydrogen) atoms. The molecule has 0 aromatic rings. The Morgan fingerprint density at radius 1 is 0.833 bits per heavy atom. The molecule has 238 valence electrons. The molecule has 1 fully saturated rings. The average molecular weight is 628 g/mol. The van der Waals surface area contributed by atoms with Crippen LogP contribution in [0.2, 0.25) is 0 Å². The van der Waals surface area contributed by atoms with Gasteiger partial charge in [-0.05, 0) is 5.53 Å². The molecule has 1 saturated heterocycles. The van der Waals surface area contributed by atoms with Crippen molar-refractivity contribution in [1.82, 2.24) is 9.44 Å². The van der Waals surface area contributed by atoms with Crippen molar-refractivity contribution in [2.75, 3.05) is 46.1 Å². The van der Waals surface area contributed by atoms with Gasteiger partial charge in [0.05, 0.1) is 33.0 Å². The van der Waals surface area contributed by atoms with Crippen molar-refractivity contribution in [3.63, 3.8) is 0 Å². The van der Waals surface area contributed by atoms with Crippen molar-refractivity contribution in [3.05, 3.63) is 10.4 Å². The first-order valence-electron chi connectivity index (χ1n) is 12.2. The van der Waals surface area contributed by atoms with Crippen LogP contribution in [0.4, 0.5) is 4.79 Å². The number of carbonyl (C=O) groups is 5. The molecule has 0 radical (unpaired) electrons. The summed E-state index contributed by atoms with van der Waals surface area (Å²) >= 11 is 0. The summed E-state index contributed by atoms with van der Waals surface area (Å²) in [5.74, 6) is -3.06. The van der Waals surface area contributed by atoms with Gasteiger partial charge in [-0.25, -0.2) is 9.52 Å². The van der Waals surface area contributed by atoms with Crippen LogP contribution in [0.1, 0.15) is 27.7 Å². The molecule has 1 aliphatic heterocycles. The molecule has 1 aliphatic rings. The molecule has 0 aromatic heterocycles. The lowest BCUT2D eigenvalue weighted by Crippen LogP contribution is -2.63. The van der Waals surface area contributed by atoms with Crippen LogP contribution in [0.5, 0.6) is 0 Å². The maximum atomic E-state index is 11.8. The van der Waals surface area contributed by atoms with Crippen LogP contribution >= 0.6 is 0 Å². The van der Waals surface area contributed by atoms with Gasteiger partial charge in [-0.2, -0.15) is 13.1 Å². The molecule has 0 aliphatic carbocycles. The smallest absolute Gasteiger partial charge is 0.421 e. The predicted octanol–water partition coefficient (Wildman–Crippen LogP) is -1.03. The fraction of sp³-hybridized carbons (Fsp3) is 0.762. The molecule has 0 aromatic carbocycles. The van der Waals surface area contributed by atoms with Gasteiger partial charge in [-0.3, -0.25) is 19.2 Å². The zero-order valence-corrected chi connectivity index (χ0v) is 24.0. The summed E-state index contributed by atoms with van der Waals surface area (Å²) in [5, 5.41) is 3.12. The normalized spacial score (nSPS) is 21.7. The number of hydrogen-bond acceptors (Lipinski definition) is 16. The van der Waals surface area contributed by atoms with Crippen LogP contribution in [0, 0.1) is 0 Å². The van der Waals surface area contributed by atoms with Crippen molar-refractivity contribution in [2.24, 2.45) is 5.11 Å². The summed E-state index contributed by atoms with van der Waals surface area (Å²) < 4.78 is 69.2. The third-order valence-corrected chi connectivity index (χ3v) is 5.72. The first-order chi connectivity index (χ1) is 19.8. The number of nitrogens with one attached hydrogen (secondary N) is 2. The standard InChI is InChI=1S/C21H33N5O15S/c1-12(27)37-11-16-17(38-13(2)28)18(39-14(3)29)19(40-15(4)30)20(41-16)35-10-9-34-7-6-24-42(32,33)25-21(31)36-8-5-23-26-22/h16-20,24H,5-11H2,1-4H3,(H,25,31)/t16-,17-,18+,19-,20-/m1/s1. The minimum Gasteiger partial charge on any atom is -0.463 e. The van der Waals surface area contributed by atoms with Gasteiger partial charge in [0.15, 0.2) is 24.6 Å². The van der Waals surface area contributed by atoms with Crippen LogP contribution in [0.25, 0.3) is 10.4 Å². The quantitative estimate of drug-likeness (QED) is 0.0487. The molecule has 1 rings (SSSR count). The first-order valence-corrected chi connectivity index (χ1v) is 13.7. The number of amides is 1. The van der Waals surface area contributed by atoms with Crippen LogP contribution in [-0.2, 0) is 67.3 Å². The zero-order valence-electron chi connectivity index (χ0n) is 23.2. The Kier molecular flexibility index (Phi) is 16.1. The van der Waals surface area contributed by atoms with E-state index in [0.29, 0.717) is 0 Å². The molecule has 2 N–H and O–H groups in total. The van der Waals surface area contributed by atoms with Crippen LogP contribution in [0.3, 0.4) is 0 Å². The molecule has 5 atom stereocenters. The minimum absolute atomic E-state index is 0.135. The zero-order chi connectivity index (χ0) is 31.7. The van der Waals surface area contributed by atoms with Gasteiger partial charge in [0.25, 0.3) is 0 Å². The third kappa shape index (κ3) is 14.8. The largest absolute Gasteiger partial charge is 0.463 e. The lowest BCUT2D eigenvalue weighted by Gasteiger charge is -2.44. The van der Waals surface area contributed by atoms with Gasteiger partial charge in [-0.15, -0.1) is 0 Å². The van der Waals surface area contributed by atoms with Gasteiger partial charge < -0.3 is 37.9 Å². The molecule has 0 spiro atoms. The van der Waals surface area contributed by atoms with Crippen LogP contribution in [0.15, 0.2) is 5.11 Å². The lowest BCUT2D eigenvalue weighted by molar-refractivity contribution is -0.309. The minimum atomic E-state index is -4.27. The highest BCUT2D eigenvalue weighted by Crippen LogP contribution is 2.29. The third-order valence-electron chi connectivity index (χ3n) is 4.70. The van der Waals surface area contributed by atoms with Crippen molar-refractivity contribution < 1.29 is 70.3 Å². The van der Waals surface area contributed by atoms with Gasteiger partial charge in [-0.1, -0.05) is 5.11 Å². The summed E-state index contributed by atoms with van der Waals surface area (Å²) in [5.41, 5.74) is 8.13. The van der Waals surface area contributed by atoms with Crippen molar-refractivity contribution in [3.8, 4) is 0 Å². The second-order valence-corrected chi connectivity index (χ2v) is 9.64. The molecule has 1 amide bonds. The lowest BCUT2D eigenvalue weighted by atomic mass is 9.98. The summed E-state index contributed by atoms with van der Waals surface area (Å²) in [7, 11) is -4.27. The van der Waals surface area contributed by atoms with Crippen molar-refractivity contribution >= 4 is 40.2 Å². The number of rotatable bonds is 17. The number of ether oxygens (including phenoxy) is 8. The first kappa shape index (κ1) is 36.3. The SMILES string of the molecule is CC(=O)OC[C@H]1O[C@@H](OCCOCCNS(=O)(=O)NC(=O)OCCN=[N+]=[N-])[C@H](OC(C)=O)[C@@H](OC(C)=O)[C@@H]1OC(C)=O. The molecule has 21 heteroatoms. The number of azide groups is 1. The predicted molar refractivity (Wildman–Crippen MR) is 134 cm³/mol. The van der Waals surface area contributed by atoms with Crippen molar-refractivity contribution in [2.45, 2.75) is 58.4 Å². The second-order valence-electron chi connectivity index (χ2n) is 8.14. The molecule has 20 nitrogen and oxygen atoms in total. The summed E-state index contributed by atoms with van der Waals surface area (Å²) in [6.07, 6.45) is -8.02. The Labute approximate surface area is 240 Å². The highest BCUT2D eigenvalue weighted by atomic mass is 32.2. The Balaban J connectivity index is 2.73. The fourth-order valence-corrected chi connectivity index (χ4v) is 4.00. The maximum Gasteiger partial charge on any atom is 0.421 e. The molecule has 0 bridgehead atoms.